The van der Waals surface area contributed by atoms with Crippen LogP contribution in [-0.4, -0.2) is 25.7 Å². The van der Waals surface area contributed by atoms with Gasteiger partial charge >= 0.3 is 6.03 Å². The van der Waals surface area contributed by atoms with E-state index in [1.54, 1.807) is 7.11 Å². The SMILES string of the molecule is COc1ccc(CCNC(=O)NC2CCCC2C)cc1. The van der Waals surface area contributed by atoms with Crippen molar-refractivity contribution >= 4 is 6.03 Å². The topological polar surface area (TPSA) is 50.4 Å². The van der Waals surface area contributed by atoms with Crippen molar-refractivity contribution in [3.63, 3.8) is 0 Å². The van der Waals surface area contributed by atoms with E-state index in [9.17, 15) is 4.79 Å². The number of nitrogens with one attached hydrogen (secondary N) is 2. The van der Waals surface area contributed by atoms with E-state index in [0.29, 0.717) is 18.5 Å². The summed E-state index contributed by atoms with van der Waals surface area (Å²) in [4.78, 5) is 11.8. The first-order valence-electron chi connectivity index (χ1n) is 7.36. The maximum Gasteiger partial charge on any atom is 0.315 e. The predicted octanol–water partition coefficient (Wildman–Crippen LogP) is 2.73. The summed E-state index contributed by atoms with van der Waals surface area (Å²) in [6.07, 6.45) is 4.37. The lowest BCUT2D eigenvalue weighted by Crippen LogP contribution is -2.43. The van der Waals surface area contributed by atoms with Crippen molar-refractivity contribution in [3.05, 3.63) is 29.8 Å². The number of rotatable bonds is 5. The summed E-state index contributed by atoms with van der Waals surface area (Å²) in [6.45, 7) is 2.86. The van der Waals surface area contributed by atoms with Crippen LogP contribution < -0.4 is 15.4 Å². The van der Waals surface area contributed by atoms with Gasteiger partial charge < -0.3 is 15.4 Å². The molecule has 1 aliphatic carbocycles. The molecule has 0 aliphatic heterocycles. The Kier molecular flexibility index (Phi) is 5.27. The molecule has 2 rings (SSSR count). The fourth-order valence-electron chi connectivity index (χ4n) is 2.69. The van der Waals surface area contributed by atoms with E-state index in [0.717, 1.165) is 18.6 Å². The average molecular weight is 276 g/mol. The quantitative estimate of drug-likeness (QED) is 0.868. The Bertz CT molecular complexity index is 431. The van der Waals surface area contributed by atoms with Crippen LogP contribution in [0.25, 0.3) is 0 Å². The molecule has 0 radical (unpaired) electrons. The second kappa shape index (κ2) is 7.17. The minimum absolute atomic E-state index is 0.0442. The van der Waals surface area contributed by atoms with Gasteiger partial charge in [-0.25, -0.2) is 4.79 Å². The molecule has 0 aromatic heterocycles. The maximum absolute atomic E-state index is 11.8. The van der Waals surface area contributed by atoms with Crippen LogP contribution in [0.2, 0.25) is 0 Å². The molecule has 1 aliphatic rings. The van der Waals surface area contributed by atoms with Gasteiger partial charge in [-0.05, 0) is 42.9 Å². The minimum Gasteiger partial charge on any atom is -0.497 e. The van der Waals surface area contributed by atoms with Crippen molar-refractivity contribution in [2.24, 2.45) is 5.92 Å². The highest BCUT2D eigenvalue weighted by Crippen LogP contribution is 2.24. The van der Waals surface area contributed by atoms with Crippen LogP contribution in [0.3, 0.4) is 0 Å². The Hall–Kier alpha value is -1.71. The number of hydrogen-bond acceptors (Lipinski definition) is 2. The Morgan fingerprint density at radius 2 is 2.05 bits per heavy atom. The smallest absolute Gasteiger partial charge is 0.315 e. The number of amides is 2. The molecular weight excluding hydrogens is 252 g/mol. The first kappa shape index (κ1) is 14.7. The molecule has 4 nitrogen and oxygen atoms in total. The molecule has 110 valence electrons. The summed E-state index contributed by atoms with van der Waals surface area (Å²) >= 11 is 0. The van der Waals surface area contributed by atoms with E-state index in [-0.39, 0.29) is 6.03 Å². The molecule has 1 aromatic carbocycles. The van der Waals surface area contributed by atoms with Crippen LogP contribution in [0.5, 0.6) is 5.75 Å². The molecule has 2 atom stereocenters. The van der Waals surface area contributed by atoms with Gasteiger partial charge in [0.25, 0.3) is 0 Å². The number of methoxy groups -OCH3 is 1. The molecule has 2 N–H and O–H groups in total. The van der Waals surface area contributed by atoms with Crippen LogP contribution in [0, 0.1) is 5.92 Å². The van der Waals surface area contributed by atoms with Crippen LogP contribution in [-0.2, 0) is 6.42 Å². The number of urea groups is 1. The van der Waals surface area contributed by atoms with E-state index < -0.39 is 0 Å². The van der Waals surface area contributed by atoms with Crippen molar-refractivity contribution in [2.75, 3.05) is 13.7 Å². The number of ether oxygens (including phenoxy) is 1. The normalized spacial score (nSPS) is 21.5. The monoisotopic (exact) mass is 276 g/mol. The van der Waals surface area contributed by atoms with E-state index >= 15 is 0 Å². The second-order valence-electron chi connectivity index (χ2n) is 5.51. The van der Waals surface area contributed by atoms with Gasteiger partial charge in [0.1, 0.15) is 5.75 Å². The van der Waals surface area contributed by atoms with Crippen LogP contribution in [0.15, 0.2) is 24.3 Å². The Morgan fingerprint density at radius 3 is 2.65 bits per heavy atom. The summed E-state index contributed by atoms with van der Waals surface area (Å²) in [7, 11) is 1.66. The number of benzene rings is 1. The molecule has 1 saturated carbocycles. The molecule has 0 saturated heterocycles. The van der Waals surface area contributed by atoms with Gasteiger partial charge in [0.2, 0.25) is 0 Å². The molecule has 0 heterocycles. The second-order valence-corrected chi connectivity index (χ2v) is 5.51. The van der Waals surface area contributed by atoms with Crippen LogP contribution >= 0.6 is 0 Å². The molecule has 2 unspecified atom stereocenters. The van der Waals surface area contributed by atoms with Gasteiger partial charge in [-0.15, -0.1) is 0 Å². The number of carbonyl (C=O) groups is 1. The summed E-state index contributed by atoms with van der Waals surface area (Å²) in [5, 5.41) is 5.99. The molecule has 1 aromatic rings. The summed E-state index contributed by atoms with van der Waals surface area (Å²) in [5.74, 6) is 1.46. The lowest BCUT2D eigenvalue weighted by atomic mass is 10.1. The standard InChI is InChI=1S/C16H24N2O2/c1-12-4-3-5-15(12)18-16(19)17-11-10-13-6-8-14(20-2)9-7-13/h6-9,12,15H,3-5,10-11H2,1-2H3,(H2,17,18,19). The van der Waals surface area contributed by atoms with E-state index in [1.807, 2.05) is 24.3 Å². The third-order valence-corrected chi connectivity index (χ3v) is 4.04. The zero-order valence-corrected chi connectivity index (χ0v) is 12.3. The van der Waals surface area contributed by atoms with E-state index in [4.69, 9.17) is 4.74 Å². The summed E-state index contributed by atoms with van der Waals surface area (Å²) < 4.78 is 5.12. The van der Waals surface area contributed by atoms with Crippen LogP contribution in [0.4, 0.5) is 4.79 Å². The molecule has 4 heteroatoms. The van der Waals surface area contributed by atoms with Gasteiger partial charge in [-0.1, -0.05) is 25.5 Å². The lowest BCUT2D eigenvalue weighted by Gasteiger charge is -2.17. The van der Waals surface area contributed by atoms with E-state index in [2.05, 4.69) is 17.6 Å². The average Bonchev–Trinajstić information content (AvgIpc) is 2.85. The first-order chi connectivity index (χ1) is 9.69. The lowest BCUT2D eigenvalue weighted by molar-refractivity contribution is 0.234. The summed E-state index contributed by atoms with van der Waals surface area (Å²) in [5.41, 5.74) is 1.19. The fourth-order valence-corrected chi connectivity index (χ4v) is 2.69. The minimum atomic E-state index is -0.0442. The van der Waals surface area contributed by atoms with Gasteiger partial charge in [-0.2, -0.15) is 0 Å². The Balaban J connectivity index is 1.68. The van der Waals surface area contributed by atoms with Crippen molar-refractivity contribution in [3.8, 4) is 5.75 Å². The highest BCUT2D eigenvalue weighted by atomic mass is 16.5. The van der Waals surface area contributed by atoms with Crippen molar-refractivity contribution in [1.29, 1.82) is 0 Å². The van der Waals surface area contributed by atoms with Crippen molar-refractivity contribution in [2.45, 2.75) is 38.6 Å². The van der Waals surface area contributed by atoms with Gasteiger partial charge in [-0.3, -0.25) is 0 Å². The largest absolute Gasteiger partial charge is 0.497 e. The number of hydrogen-bond donors (Lipinski definition) is 2. The van der Waals surface area contributed by atoms with Crippen molar-refractivity contribution < 1.29 is 9.53 Å². The van der Waals surface area contributed by atoms with Gasteiger partial charge in [0.05, 0.1) is 7.11 Å². The zero-order chi connectivity index (χ0) is 14.4. The van der Waals surface area contributed by atoms with E-state index in [1.165, 1.54) is 18.4 Å². The first-order valence-corrected chi connectivity index (χ1v) is 7.36. The van der Waals surface area contributed by atoms with Gasteiger partial charge in [0, 0.05) is 12.6 Å². The highest BCUT2D eigenvalue weighted by Gasteiger charge is 2.24. The molecule has 2 amide bonds. The molecular formula is C16H24N2O2. The van der Waals surface area contributed by atoms with Crippen LogP contribution in [0.1, 0.15) is 31.7 Å². The molecule has 0 bridgehead atoms. The Morgan fingerprint density at radius 1 is 1.30 bits per heavy atom. The van der Waals surface area contributed by atoms with Crippen molar-refractivity contribution in [1.82, 2.24) is 10.6 Å². The highest BCUT2D eigenvalue weighted by molar-refractivity contribution is 5.74. The molecule has 1 fully saturated rings. The molecule has 20 heavy (non-hydrogen) atoms. The predicted molar refractivity (Wildman–Crippen MR) is 80.0 cm³/mol. The van der Waals surface area contributed by atoms with Gasteiger partial charge in [0.15, 0.2) is 0 Å². The Labute approximate surface area is 120 Å². The third kappa shape index (κ3) is 4.15. The summed E-state index contributed by atoms with van der Waals surface area (Å²) in [6, 6.07) is 8.23. The fraction of sp³-hybridized carbons (Fsp3) is 0.562. The zero-order valence-electron chi connectivity index (χ0n) is 12.3. The molecule has 0 spiro atoms. The third-order valence-electron chi connectivity index (χ3n) is 4.04. The maximum atomic E-state index is 11.8. The number of carbonyl (C=O) groups excluding carboxylic acids is 1.